The predicted molar refractivity (Wildman–Crippen MR) is 122 cm³/mol. The van der Waals surface area contributed by atoms with Crippen LogP contribution in [0.2, 0.25) is 0 Å². The van der Waals surface area contributed by atoms with E-state index in [1.165, 1.54) is 11.8 Å². The molecule has 0 aliphatic carbocycles. The van der Waals surface area contributed by atoms with Gasteiger partial charge < -0.3 is 4.42 Å². The Kier molecular flexibility index (Phi) is 5.54. The van der Waals surface area contributed by atoms with Gasteiger partial charge in [-0.25, -0.2) is 9.97 Å². The molecule has 0 fully saturated rings. The average Bonchev–Trinajstić information content (AvgIpc) is 3.33. The summed E-state index contributed by atoms with van der Waals surface area (Å²) < 4.78 is 5.89. The molecule has 0 radical (unpaired) electrons. The highest BCUT2D eigenvalue weighted by Crippen LogP contribution is 2.30. The van der Waals surface area contributed by atoms with Crippen molar-refractivity contribution >= 4 is 11.8 Å². The van der Waals surface area contributed by atoms with E-state index in [-0.39, 0.29) is 0 Å². The monoisotopic (exact) mass is 422 g/mol. The van der Waals surface area contributed by atoms with Crippen LogP contribution in [0.5, 0.6) is 0 Å². The third-order valence-corrected chi connectivity index (χ3v) is 5.52. The van der Waals surface area contributed by atoms with Gasteiger partial charge in [-0.05, 0) is 0 Å². The molecule has 3 aromatic carbocycles. The molecular formula is C25H18N4OS. The van der Waals surface area contributed by atoms with Crippen LogP contribution in [0, 0.1) is 0 Å². The van der Waals surface area contributed by atoms with Gasteiger partial charge in [0, 0.05) is 16.7 Å². The summed E-state index contributed by atoms with van der Waals surface area (Å²) in [5.41, 5.74) is 4.56. The van der Waals surface area contributed by atoms with Gasteiger partial charge in [-0.15, -0.1) is 10.2 Å². The van der Waals surface area contributed by atoms with Gasteiger partial charge in [0.05, 0.1) is 11.9 Å². The maximum absolute atomic E-state index is 5.89. The smallest absolute Gasteiger partial charge is 0.210 e. The number of thioether (sulfide) groups is 1. The van der Waals surface area contributed by atoms with E-state index in [2.05, 4.69) is 15.2 Å². The Morgan fingerprint density at radius 3 is 1.87 bits per heavy atom. The molecule has 0 aliphatic heterocycles. The molecule has 6 heteroatoms. The lowest BCUT2D eigenvalue weighted by atomic mass is 10.0. The molecular weight excluding hydrogens is 404 g/mol. The van der Waals surface area contributed by atoms with Gasteiger partial charge in [0.15, 0.2) is 5.76 Å². The largest absolute Gasteiger partial charge is 0.440 e. The highest BCUT2D eigenvalue weighted by Gasteiger charge is 2.14. The molecule has 0 aliphatic rings. The number of benzene rings is 3. The van der Waals surface area contributed by atoms with E-state index in [0.29, 0.717) is 16.8 Å². The van der Waals surface area contributed by atoms with Gasteiger partial charge in [-0.2, -0.15) is 0 Å². The minimum Gasteiger partial charge on any atom is -0.440 e. The van der Waals surface area contributed by atoms with Gasteiger partial charge in [-0.1, -0.05) is 103 Å². The van der Waals surface area contributed by atoms with Crippen molar-refractivity contribution in [2.75, 3.05) is 0 Å². The minimum atomic E-state index is 0.521. The van der Waals surface area contributed by atoms with E-state index in [9.17, 15) is 0 Å². The van der Waals surface area contributed by atoms with Crippen molar-refractivity contribution in [3.05, 3.63) is 103 Å². The van der Waals surface area contributed by atoms with Crippen LogP contribution in [0.3, 0.4) is 0 Å². The number of oxazole rings is 1. The lowest BCUT2D eigenvalue weighted by Crippen LogP contribution is -1.99. The molecule has 0 saturated carbocycles. The van der Waals surface area contributed by atoms with E-state index >= 15 is 0 Å². The van der Waals surface area contributed by atoms with E-state index in [0.717, 1.165) is 33.8 Å². The average molecular weight is 423 g/mol. The fourth-order valence-corrected chi connectivity index (χ4v) is 3.84. The molecule has 150 valence electrons. The van der Waals surface area contributed by atoms with Crippen molar-refractivity contribution < 1.29 is 4.42 Å². The van der Waals surface area contributed by atoms with Gasteiger partial charge >= 0.3 is 0 Å². The van der Waals surface area contributed by atoms with Crippen molar-refractivity contribution in [2.24, 2.45) is 0 Å². The summed E-state index contributed by atoms with van der Waals surface area (Å²) in [6.45, 7) is 0. The van der Waals surface area contributed by atoms with E-state index < -0.39 is 0 Å². The molecule has 0 spiro atoms. The van der Waals surface area contributed by atoms with Crippen molar-refractivity contribution in [2.45, 2.75) is 10.9 Å². The summed E-state index contributed by atoms with van der Waals surface area (Å²) in [6, 6.07) is 30.0. The standard InChI is InChI=1S/C25H18N4OS/c1-4-10-18(11-5-1)21-16-26-22(30-21)17-31-25-27-23(19-12-6-2-7-13-19)24(28-29-25)20-14-8-3-9-15-20/h1-16H,17H2. The fraction of sp³-hybridized carbons (Fsp3) is 0.0400. The van der Waals surface area contributed by atoms with Crippen LogP contribution in [-0.2, 0) is 5.75 Å². The molecule has 2 heterocycles. The summed E-state index contributed by atoms with van der Waals surface area (Å²) in [5.74, 6) is 1.90. The first-order valence-corrected chi connectivity index (χ1v) is 10.8. The van der Waals surface area contributed by atoms with Crippen LogP contribution >= 0.6 is 11.8 Å². The maximum Gasteiger partial charge on any atom is 0.210 e. The molecule has 0 N–H and O–H groups in total. The topological polar surface area (TPSA) is 64.7 Å². The first-order chi connectivity index (χ1) is 15.4. The quantitative estimate of drug-likeness (QED) is 0.306. The fourth-order valence-electron chi connectivity index (χ4n) is 3.20. The summed E-state index contributed by atoms with van der Waals surface area (Å²) in [5, 5.41) is 9.44. The SMILES string of the molecule is c1ccc(-c2cnc(CSc3nnc(-c4ccccc4)c(-c4ccccc4)n3)o2)cc1. The van der Waals surface area contributed by atoms with Gasteiger partial charge in [0.1, 0.15) is 11.4 Å². The molecule has 0 amide bonds. The van der Waals surface area contributed by atoms with Gasteiger partial charge in [0.25, 0.3) is 0 Å². The zero-order chi connectivity index (χ0) is 20.9. The van der Waals surface area contributed by atoms with Gasteiger partial charge in [0.2, 0.25) is 11.0 Å². The minimum absolute atomic E-state index is 0.521. The highest BCUT2D eigenvalue weighted by atomic mass is 32.2. The molecule has 0 unspecified atom stereocenters. The summed E-state index contributed by atoms with van der Waals surface area (Å²) in [4.78, 5) is 9.21. The molecule has 0 bridgehead atoms. The first-order valence-electron chi connectivity index (χ1n) is 9.85. The Balaban J connectivity index is 1.41. The van der Waals surface area contributed by atoms with Crippen LogP contribution in [0.1, 0.15) is 5.89 Å². The third kappa shape index (κ3) is 4.39. The van der Waals surface area contributed by atoms with Crippen LogP contribution < -0.4 is 0 Å². The number of aromatic nitrogens is 4. The Morgan fingerprint density at radius 2 is 1.23 bits per heavy atom. The summed E-state index contributed by atoms with van der Waals surface area (Å²) in [6.07, 6.45) is 1.75. The Morgan fingerprint density at radius 1 is 0.645 bits per heavy atom. The molecule has 31 heavy (non-hydrogen) atoms. The molecule has 0 atom stereocenters. The molecule has 5 aromatic rings. The van der Waals surface area contributed by atoms with E-state index in [4.69, 9.17) is 9.40 Å². The predicted octanol–water partition coefficient (Wildman–Crippen LogP) is 6.15. The number of hydrogen-bond acceptors (Lipinski definition) is 6. The van der Waals surface area contributed by atoms with Gasteiger partial charge in [-0.3, -0.25) is 0 Å². The van der Waals surface area contributed by atoms with E-state index in [1.807, 2.05) is 91.0 Å². The zero-order valence-electron chi connectivity index (χ0n) is 16.6. The second-order valence-electron chi connectivity index (χ2n) is 6.80. The molecule has 5 rings (SSSR count). The normalized spacial score (nSPS) is 10.8. The van der Waals surface area contributed by atoms with Crippen molar-refractivity contribution in [3.63, 3.8) is 0 Å². The second-order valence-corrected chi connectivity index (χ2v) is 7.74. The van der Waals surface area contributed by atoms with Crippen LogP contribution in [0.4, 0.5) is 0 Å². The number of hydrogen-bond donors (Lipinski definition) is 0. The van der Waals surface area contributed by atoms with Crippen LogP contribution in [0.25, 0.3) is 33.8 Å². The van der Waals surface area contributed by atoms with Crippen molar-refractivity contribution in [1.82, 2.24) is 20.2 Å². The highest BCUT2D eigenvalue weighted by molar-refractivity contribution is 7.98. The Hall–Kier alpha value is -3.77. The van der Waals surface area contributed by atoms with Crippen LogP contribution in [-0.4, -0.2) is 20.2 Å². The first kappa shape index (κ1) is 19.2. The summed E-state index contributed by atoms with van der Waals surface area (Å²) >= 11 is 1.45. The lowest BCUT2D eigenvalue weighted by Gasteiger charge is -2.09. The summed E-state index contributed by atoms with van der Waals surface area (Å²) in [7, 11) is 0. The number of rotatable bonds is 6. The maximum atomic E-state index is 5.89. The third-order valence-electron chi connectivity index (χ3n) is 4.70. The lowest BCUT2D eigenvalue weighted by molar-refractivity contribution is 0.529. The Bertz CT molecular complexity index is 1270. The zero-order valence-corrected chi connectivity index (χ0v) is 17.4. The number of nitrogens with zero attached hydrogens (tertiary/aromatic N) is 4. The van der Waals surface area contributed by atoms with E-state index in [1.54, 1.807) is 6.20 Å². The molecule has 2 aromatic heterocycles. The van der Waals surface area contributed by atoms with Crippen molar-refractivity contribution in [1.29, 1.82) is 0 Å². The van der Waals surface area contributed by atoms with Crippen LogP contribution in [0.15, 0.2) is 107 Å². The second kappa shape index (κ2) is 8.93. The molecule has 5 nitrogen and oxygen atoms in total. The van der Waals surface area contributed by atoms with Crippen molar-refractivity contribution in [3.8, 4) is 33.8 Å². The Labute approximate surface area is 184 Å². The molecule has 0 saturated heterocycles.